The molecule has 0 fully saturated rings. The van der Waals surface area contributed by atoms with Gasteiger partial charge in [-0.05, 0) is 114 Å². The van der Waals surface area contributed by atoms with Crippen LogP contribution in [0, 0.1) is 0 Å². The van der Waals surface area contributed by atoms with Crippen molar-refractivity contribution >= 4 is 17.1 Å². The molecule has 0 aliphatic heterocycles. The van der Waals surface area contributed by atoms with Crippen LogP contribution in [0.5, 0.6) is 0 Å². The highest BCUT2D eigenvalue weighted by Crippen LogP contribution is 2.60. The fourth-order valence-corrected chi connectivity index (χ4v) is 11.8. The molecular weight excluding hydrogens is 747 g/mol. The van der Waals surface area contributed by atoms with Crippen molar-refractivity contribution in [1.29, 1.82) is 0 Å². The highest BCUT2D eigenvalue weighted by molar-refractivity contribution is 5.99. The SMILES string of the molecule is CC1(C)c2ccccc2-c2c(N(c3cc(-c4ccccc4)c4c(c3)-c3ccccc3C4(C)C)c3ccc4c(c3)C(c3ccccc3)(c3ccccc3)c3ccccc3-4)cccc21. The van der Waals surface area contributed by atoms with Crippen LogP contribution in [-0.4, -0.2) is 0 Å². The summed E-state index contributed by atoms with van der Waals surface area (Å²) in [6.45, 7) is 9.56. The second-order valence-corrected chi connectivity index (χ2v) is 18.4. The van der Waals surface area contributed by atoms with Crippen LogP contribution in [0.3, 0.4) is 0 Å². The van der Waals surface area contributed by atoms with Gasteiger partial charge in [0.1, 0.15) is 0 Å². The third kappa shape index (κ3) is 4.97. The minimum absolute atomic E-state index is 0.154. The first kappa shape index (κ1) is 36.6. The topological polar surface area (TPSA) is 3.24 Å². The molecule has 9 aromatic carbocycles. The van der Waals surface area contributed by atoms with Crippen LogP contribution in [-0.2, 0) is 16.2 Å². The van der Waals surface area contributed by atoms with Crippen molar-refractivity contribution in [2.45, 2.75) is 43.9 Å². The van der Waals surface area contributed by atoms with E-state index in [1.165, 1.54) is 94.7 Å². The first-order valence-corrected chi connectivity index (χ1v) is 22.0. The summed E-state index contributed by atoms with van der Waals surface area (Å²) in [6.07, 6.45) is 0. The first-order valence-electron chi connectivity index (χ1n) is 22.0. The number of benzene rings is 9. The molecule has 1 heteroatoms. The van der Waals surface area contributed by atoms with E-state index in [0.717, 1.165) is 11.4 Å². The lowest BCUT2D eigenvalue weighted by Gasteiger charge is -2.35. The lowest BCUT2D eigenvalue weighted by Crippen LogP contribution is -2.28. The predicted octanol–water partition coefficient (Wildman–Crippen LogP) is 15.8. The van der Waals surface area contributed by atoms with Gasteiger partial charge in [-0.3, -0.25) is 0 Å². The van der Waals surface area contributed by atoms with Crippen molar-refractivity contribution in [2.24, 2.45) is 0 Å². The summed E-state index contributed by atoms with van der Waals surface area (Å²) in [4.78, 5) is 2.58. The van der Waals surface area contributed by atoms with Gasteiger partial charge < -0.3 is 4.90 Å². The maximum Gasteiger partial charge on any atom is 0.0714 e. The van der Waals surface area contributed by atoms with Crippen LogP contribution >= 0.6 is 0 Å². The number of rotatable bonds is 6. The molecule has 0 heterocycles. The van der Waals surface area contributed by atoms with Gasteiger partial charge in [0.15, 0.2) is 0 Å². The molecule has 296 valence electrons. The average molecular weight is 794 g/mol. The molecule has 12 rings (SSSR count). The maximum absolute atomic E-state index is 2.58. The number of nitrogens with zero attached hydrogens (tertiary/aromatic N) is 1. The molecule has 3 aliphatic rings. The Morgan fingerprint density at radius 1 is 0.323 bits per heavy atom. The van der Waals surface area contributed by atoms with Gasteiger partial charge in [-0.2, -0.15) is 0 Å². The predicted molar refractivity (Wildman–Crippen MR) is 259 cm³/mol. The Morgan fingerprint density at radius 3 is 1.48 bits per heavy atom. The Labute approximate surface area is 365 Å². The van der Waals surface area contributed by atoms with Gasteiger partial charge in [-0.1, -0.05) is 210 Å². The van der Waals surface area contributed by atoms with E-state index in [2.05, 4.69) is 245 Å². The molecule has 0 atom stereocenters. The van der Waals surface area contributed by atoms with Crippen molar-refractivity contribution in [3.05, 3.63) is 257 Å². The van der Waals surface area contributed by atoms with E-state index in [9.17, 15) is 0 Å². The van der Waals surface area contributed by atoms with Crippen molar-refractivity contribution in [3.8, 4) is 44.5 Å². The van der Waals surface area contributed by atoms with Crippen LogP contribution in [0.2, 0.25) is 0 Å². The molecule has 0 spiro atoms. The standard InChI is InChI=1S/C61H47N/c1-59(2)52-31-18-16-29-48(52)57-54(59)33-20-34-56(57)62(44-37-49(40-21-8-5-9-22-40)58-50(38-44)46-28-14-17-30-51(46)60(58,3)4)43-35-36-47-45-27-15-19-32-53(45)61(55(47)39-43,41-23-10-6-11-24-41)42-25-12-7-13-26-42/h5-39H,1-4H3. The van der Waals surface area contributed by atoms with Crippen LogP contribution in [0.25, 0.3) is 44.5 Å². The molecule has 0 saturated carbocycles. The molecule has 3 aliphatic carbocycles. The van der Waals surface area contributed by atoms with Gasteiger partial charge in [-0.25, -0.2) is 0 Å². The molecule has 0 aromatic heterocycles. The van der Waals surface area contributed by atoms with E-state index in [0.29, 0.717) is 0 Å². The number of hydrogen-bond donors (Lipinski definition) is 0. The minimum Gasteiger partial charge on any atom is -0.310 e. The minimum atomic E-state index is -0.528. The number of fused-ring (bicyclic) bond motifs is 9. The van der Waals surface area contributed by atoms with Crippen molar-refractivity contribution in [3.63, 3.8) is 0 Å². The molecule has 0 N–H and O–H groups in total. The van der Waals surface area contributed by atoms with Gasteiger partial charge in [0.2, 0.25) is 0 Å². The monoisotopic (exact) mass is 793 g/mol. The molecule has 9 aromatic rings. The zero-order valence-corrected chi connectivity index (χ0v) is 35.7. The number of anilines is 3. The van der Waals surface area contributed by atoms with E-state index in [1.807, 2.05) is 0 Å². The summed E-state index contributed by atoms with van der Waals surface area (Å²) in [5.74, 6) is 0. The summed E-state index contributed by atoms with van der Waals surface area (Å²) in [5.41, 5.74) is 23.5. The quantitative estimate of drug-likeness (QED) is 0.162. The highest BCUT2D eigenvalue weighted by Gasteiger charge is 2.47. The van der Waals surface area contributed by atoms with Gasteiger partial charge in [0.05, 0.1) is 11.1 Å². The van der Waals surface area contributed by atoms with E-state index < -0.39 is 5.41 Å². The molecule has 1 nitrogen and oxygen atoms in total. The van der Waals surface area contributed by atoms with Gasteiger partial charge in [0.25, 0.3) is 0 Å². The van der Waals surface area contributed by atoms with Crippen molar-refractivity contribution in [2.75, 3.05) is 4.90 Å². The average Bonchev–Trinajstić information content (AvgIpc) is 3.85. The van der Waals surface area contributed by atoms with Gasteiger partial charge >= 0.3 is 0 Å². The van der Waals surface area contributed by atoms with E-state index in [1.54, 1.807) is 0 Å². The Morgan fingerprint density at radius 2 is 0.823 bits per heavy atom. The smallest absolute Gasteiger partial charge is 0.0714 e. The van der Waals surface area contributed by atoms with Gasteiger partial charge in [-0.15, -0.1) is 0 Å². The van der Waals surface area contributed by atoms with E-state index in [-0.39, 0.29) is 10.8 Å². The maximum atomic E-state index is 2.58. The molecule has 0 radical (unpaired) electrons. The Hall–Kier alpha value is -7.22. The highest BCUT2D eigenvalue weighted by atomic mass is 15.1. The van der Waals surface area contributed by atoms with Gasteiger partial charge in [0, 0.05) is 27.8 Å². The van der Waals surface area contributed by atoms with Crippen molar-refractivity contribution < 1.29 is 0 Å². The third-order valence-corrected chi connectivity index (χ3v) is 14.5. The first-order chi connectivity index (χ1) is 30.3. The fraction of sp³-hybridized carbons (Fsp3) is 0.115. The zero-order valence-electron chi connectivity index (χ0n) is 35.7. The summed E-state index contributed by atoms with van der Waals surface area (Å²) < 4.78 is 0. The largest absolute Gasteiger partial charge is 0.310 e. The van der Waals surface area contributed by atoms with Crippen LogP contribution in [0.4, 0.5) is 17.1 Å². The lowest BCUT2D eigenvalue weighted by molar-refractivity contribution is 0.660. The van der Waals surface area contributed by atoms with Crippen LogP contribution in [0.15, 0.2) is 212 Å². The zero-order chi connectivity index (χ0) is 41.8. The van der Waals surface area contributed by atoms with E-state index in [4.69, 9.17) is 0 Å². The summed E-state index contributed by atoms with van der Waals surface area (Å²) in [6, 6.07) is 79.8. The Balaban J connectivity index is 1.20. The summed E-state index contributed by atoms with van der Waals surface area (Å²) in [7, 11) is 0. The van der Waals surface area contributed by atoms with E-state index >= 15 is 0 Å². The summed E-state index contributed by atoms with van der Waals surface area (Å²) >= 11 is 0. The molecule has 0 bridgehead atoms. The molecule has 62 heavy (non-hydrogen) atoms. The third-order valence-electron chi connectivity index (χ3n) is 14.5. The lowest BCUT2D eigenvalue weighted by atomic mass is 9.67. The fourth-order valence-electron chi connectivity index (χ4n) is 11.8. The van der Waals surface area contributed by atoms with Crippen molar-refractivity contribution in [1.82, 2.24) is 0 Å². The summed E-state index contributed by atoms with van der Waals surface area (Å²) in [5, 5.41) is 0. The molecule has 0 amide bonds. The van der Waals surface area contributed by atoms with Crippen LogP contribution < -0.4 is 4.90 Å². The molecule has 0 unspecified atom stereocenters. The molecule has 0 saturated heterocycles. The second-order valence-electron chi connectivity index (χ2n) is 18.4. The Kier molecular flexibility index (Phi) is 7.91. The molecular formula is C61H47N. The van der Waals surface area contributed by atoms with Crippen LogP contribution in [0.1, 0.15) is 72.2 Å². The number of hydrogen-bond acceptors (Lipinski definition) is 1. The Bertz CT molecular complexity index is 3190. The normalized spacial score (nSPS) is 15.2. The second kappa shape index (κ2) is 13.4.